The molecule has 2 aromatic carbocycles. The highest BCUT2D eigenvalue weighted by atomic mass is 35.5. The number of anilines is 1. The molecule has 0 saturated carbocycles. The average Bonchev–Trinajstić information content (AvgIpc) is 2.49. The summed E-state index contributed by atoms with van der Waals surface area (Å²) in [6.07, 6.45) is 0. The van der Waals surface area contributed by atoms with Gasteiger partial charge in [-0.25, -0.2) is 4.39 Å². The first-order chi connectivity index (χ1) is 10.9. The number of nitro groups is 1. The van der Waals surface area contributed by atoms with Crippen LogP contribution in [0.15, 0.2) is 36.4 Å². The zero-order valence-electron chi connectivity index (χ0n) is 12.0. The van der Waals surface area contributed by atoms with Crippen molar-refractivity contribution in [3.63, 3.8) is 0 Å². The fraction of sp³-hybridized carbons (Fsp3) is 0.133. The van der Waals surface area contributed by atoms with Gasteiger partial charge in [-0.2, -0.15) is 0 Å². The number of hydrogen-bond acceptors (Lipinski definition) is 4. The molecule has 6 nitrogen and oxygen atoms in total. The number of halogens is 2. The van der Waals surface area contributed by atoms with E-state index in [1.807, 2.05) is 0 Å². The van der Waals surface area contributed by atoms with E-state index in [4.69, 9.17) is 16.3 Å². The predicted octanol–water partition coefficient (Wildman–Crippen LogP) is 4.04. The number of carbonyl (C=O) groups excluding carboxylic acids is 1. The molecule has 1 N–H and O–H groups in total. The summed E-state index contributed by atoms with van der Waals surface area (Å²) in [6.45, 7) is 2.05. The van der Waals surface area contributed by atoms with Gasteiger partial charge < -0.3 is 10.1 Å². The number of amides is 1. The lowest BCUT2D eigenvalue weighted by molar-refractivity contribution is -0.384. The van der Waals surface area contributed by atoms with Gasteiger partial charge in [0.25, 0.3) is 11.6 Å². The van der Waals surface area contributed by atoms with E-state index in [0.717, 1.165) is 12.1 Å². The number of carbonyl (C=O) groups is 1. The molecule has 23 heavy (non-hydrogen) atoms. The van der Waals surface area contributed by atoms with Gasteiger partial charge >= 0.3 is 0 Å². The SMILES string of the molecule is CCOc1ccc(NC(=O)c2ccc([N+](=O)[O-])cc2Cl)cc1F. The maximum Gasteiger partial charge on any atom is 0.270 e. The monoisotopic (exact) mass is 338 g/mol. The second-order valence-electron chi connectivity index (χ2n) is 4.45. The van der Waals surface area contributed by atoms with Crippen LogP contribution >= 0.6 is 11.6 Å². The Morgan fingerprint density at radius 1 is 1.35 bits per heavy atom. The molecule has 0 aliphatic rings. The lowest BCUT2D eigenvalue weighted by Gasteiger charge is -2.09. The Balaban J connectivity index is 2.19. The minimum atomic E-state index is -0.616. The van der Waals surface area contributed by atoms with Crippen LogP contribution in [0.4, 0.5) is 15.8 Å². The Labute approximate surface area is 136 Å². The Morgan fingerprint density at radius 3 is 2.65 bits per heavy atom. The molecular formula is C15H12ClFN2O4. The van der Waals surface area contributed by atoms with Gasteiger partial charge in [0, 0.05) is 23.9 Å². The zero-order chi connectivity index (χ0) is 17.0. The van der Waals surface area contributed by atoms with Crippen molar-refractivity contribution >= 4 is 28.9 Å². The third-order valence-electron chi connectivity index (χ3n) is 2.90. The van der Waals surface area contributed by atoms with Crippen LogP contribution in [0.1, 0.15) is 17.3 Å². The van der Waals surface area contributed by atoms with Crippen molar-refractivity contribution in [2.75, 3.05) is 11.9 Å². The van der Waals surface area contributed by atoms with Crippen LogP contribution in [0.2, 0.25) is 5.02 Å². The summed E-state index contributed by atoms with van der Waals surface area (Å²) in [4.78, 5) is 22.1. The minimum Gasteiger partial charge on any atom is -0.491 e. The lowest BCUT2D eigenvalue weighted by atomic mass is 10.2. The van der Waals surface area contributed by atoms with E-state index >= 15 is 0 Å². The number of nitrogens with zero attached hydrogens (tertiary/aromatic N) is 1. The Bertz CT molecular complexity index is 767. The molecule has 0 atom stereocenters. The van der Waals surface area contributed by atoms with Gasteiger partial charge in [0.05, 0.1) is 22.1 Å². The van der Waals surface area contributed by atoms with Crippen LogP contribution in [0.3, 0.4) is 0 Å². The Kier molecular flexibility index (Phi) is 5.13. The van der Waals surface area contributed by atoms with Crippen molar-refractivity contribution in [2.45, 2.75) is 6.92 Å². The summed E-state index contributed by atoms with van der Waals surface area (Å²) in [5.74, 6) is -1.13. The standard InChI is InChI=1S/C15H12ClFN2O4/c1-2-23-14-6-3-9(7-13(14)17)18-15(20)11-5-4-10(19(21)22)8-12(11)16/h3-8H,2H2,1H3,(H,18,20). The summed E-state index contributed by atoms with van der Waals surface area (Å²) in [5, 5.41) is 13.0. The Morgan fingerprint density at radius 2 is 2.09 bits per heavy atom. The molecule has 0 radical (unpaired) electrons. The first kappa shape index (κ1) is 16.7. The van der Waals surface area contributed by atoms with Gasteiger partial charge in [-0.3, -0.25) is 14.9 Å². The number of nitro benzene ring substituents is 1. The highest BCUT2D eigenvalue weighted by Gasteiger charge is 2.15. The number of hydrogen-bond donors (Lipinski definition) is 1. The quantitative estimate of drug-likeness (QED) is 0.659. The molecule has 0 aliphatic carbocycles. The van der Waals surface area contributed by atoms with Crippen molar-refractivity contribution in [1.29, 1.82) is 0 Å². The normalized spacial score (nSPS) is 10.2. The van der Waals surface area contributed by atoms with Crippen LogP contribution in [-0.4, -0.2) is 17.4 Å². The second-order valence-corrected chi connectivity index (χ2v) is 4.86. The van der Waals surface area contributed by atoms with Gasteiger partial charge in [0.15, 0.2) is 11.6 Å². The van der Waals surface area contributed by atoms with E-state index in [2.05, 4.69) is 5.32 Å². The van der Waals surface area contributed by atoms with E-state index < -0.39 is 16.6 Å². The van der Waals surface area contributed by atoms with Crippen LogP contribution in [0, 0.1) is 15.9 Å². The number of non-ortho nitro benzene ring substituents is 1. The average molecular weight is 339 g/mol. The number of nitrogens with one attached hydrogen (secondary N) is 1. The molecule has 0 heterocycles. The molecule has 0 bridgehead atoms. The van der Waals surface area contributed by atoms with E-state index in [9.17, 15) is 19.3 Å². The van der Waals surface area contributed by atoms with Crippen LogP contribution < -0.4 is 10.1 Å². The number of rotatable bonds is 5. The van der Waals surface area contributed by atoms with Crippen LogP contribution in [-0.2, 0) is 0 Å². The Hall–Kier alpha value is -2.67. The lowest BCUT2D eigenvalue weighted by Crippen LogP contribution is -2.13. The van der Waals surface area contributed by atoms with Gasteiger partial charge in [-0.05, 0) is 25.1 Å². The van der Waals surface area contributed by atoms with Crippen molar-refractivity contribution in [1.82, 2.24) is 0 Å². The summed E-state index contributed by atoms with van der Waals surface area (Å²) >= 11 is 5.87. The van der Waals surface area contributed by atoms with Crippen LogP contribution in [0.5, 0.6) is 5.75 Å². The largest absolute Gasteiger partial charge is 0.491 e. The predicted molar refractivity (Wildman–Crippen MR) is 83.6 cm³/mol. The minimum absolute atomic E-state index is 0.0477. The molecule has 0 unspecified atom stereocenters. The molecule has 0 aromatic heterocycles. The smallest absolute Gasteiger partial charge is 0.270 e. The fourth-order valence-corrected chi connectivity index (χ4v) is 2.11. The van der Waals surface area contributed by atoms with Crippen molar-refractivity contribution in [2.24, 2.45) is 0 Å². The molecule has 0 fully saturated rings. The van der Waals surface area contributed by atoms with Gasteiger partial charge in [-0.1, -0.05) is 11.6 Å². The van der Waals surface area contributed by atoms with E-state index in [1.54, 1.807) is 6.92 Å². The fourth-order valence-electron chi connectivity index (χ4n) is 1.85. The van der Waals surface area contributed by atoms with Gasteiger partial charge in [-0.15, -0.1) is 0 Å². The molecule has 1 amide bonds. The van der Waals surface area contributed by atoms with Crippen LogP contribution in [0.25, 0.3) is 0 Å². The topological polar surface area (TPSA) is 81.5 Å². The first-order valence-electron chi connectivity index (χ1n) is 6.60. The highest BCUT2D eigenvalue weighted by molar-refractivity contribution is 6.34. The molecule has 0 spiro atoms. The summed E-state index contributed by atoms with van der Waals surface area (Å²) < 4.78 is 18.8. The number of benzene rings is 2. The molecule has 2 aromatic rings. The zero-order valence-corrected chi connectivity index (χ0v) is 12.8. The molecule has 2 rings (SSSR count). The van der Waals surface area contributed by atoms with Crippen molar-refractivity contribution in [3.05, 3.63) is 62.9 Å². The number of ether oxygens (including phenoxy) is 1. The molecule has 8 heteroatoms. The molecule has 120 valence electrons. The summed E-state index contributed by atoms with van der Waals surface area (Å²) in [5.41, 5.74) is 0.0376. The highest BCUT2D eigenvalue weighted by Crippen LogP contribution is 2.25. The molecule has 0 aliphatic heterocycles. The van der Waals surface area contributed by atoms with Crippen molar-refractivity contribution < 1.29 is 18.8 Å². The summed E-state index contributed by atoms with van der Waals surface area (Å²) in [7, 11) is 0. The first-order valence-corrected chi connectivity index (χ1v) is 6.97. The third-order valence-corrected chi connectivity index (χ3v) is 3.21. The molecular weight excluding hydrogens is 327 g/mol. The van der Waals surface area contributed by atoms with E-state index in [-0.39, 0.29) is 27.7 Å². The maximum absolute atomic E-state index is 13.7. The van der Waals surface area contributed by atoms with Gasteiger partial charge in [0.1, 0.15) is 0 Å². The molecule has 0 saturated heterocycles. The third kappa shape index (κ3) is 3.95. The second kappa shape index (κ2) is 7.06. The summed E-state index contributed by atoms with van der Waals surface area (Å²) in [6, 6.07) is 7.47. The van der Waals surface area contributed by atoms with Gasteiger partial charge in [0.2, 0.25) is 0 Å². The van der Waals surface area contributed by atoms with Crippen molar-refractivity contribution in [3.8, 4) is 5.75 Å². The van der Waals surface area contributed by atoms with E-state index in [0.29, 0.717) is 6.61 Å². The maximum atomic E-state index is 13.7. The van der Waals surface area contributed by atoms with E-state index in [1.165, 1.54) is 24.3 Å².